The molecule has 0 aliphatic rings. The van der Waals surface area contributed by atoms with Crippen molar-refractivity contribution in [2.24, 2.45) is 11.3 Å². The van der Waals surface area contributed by atoms with E-state index in [0.29, 0.717) is 11.8 Å². The Morgan fingerprint density at radius 2 is 1.88 bits per heavy atom. The van der Waals surface area contributed by atoms with E-state index in [2.05, 4.69) is 52.6 Å². The van der Waals surface area contributed by atoms with Crippen molar-refractivity contribution in [1.82, 2.24) is 9.97 Å². The number of rotatable bonds is 4. The van der Waals surface area contributed by atoms with Gasteiger partial charge in [0.1, 0.15) is 5.82 Å². The average Bonchev–Trinajstić information content (AvgIpc) is 2.15. The van der Waals surface area contributed by atoms with Crippen molar-refractivity contribution in [3.8, 4) is 0 Å². The van der Waals surface area contributed by atoms with Gasteiger partial charge in [0.2, 0.25) is 0 Å². The maximum Gasteiger partial charge on any atom is 0.129 e. The second-order valence-electron chi connectivity index (χ2n) is 6.39. The summed E-state index contributed by atoms with van der Waals surface area (Å²) in [6.07, 6.45) is 3.99. The lowest BCUT2D eigenvalue weighted by Crippen LogP contribution is -2.14. The molecule has 0 saturated carbocycles. The van der Waals surface area contributed by atoms with Crippen molar-refractivity contribution in [2.45, 2.75) is 60.3 Å². The molecular weight excluding hydrogens is 208 g/mol. The fraction of sp³-hybridized carbons (Fsp3) is 0.733. The summed E-state index contributed by atoms with van der Waals surface area (Å²) in [5, 5.41) is 0. The lowest BCUT2D eigenvalue weighted by Gasteiger charge is -2.21. The standard InChI is InChI=1S/C15H26N2/c1-7-12(11(2)3)13-8-9-16-14(17-13)10-15(4,5)6/h8-9,11-12H,7,10H2,1-6H3. The van der Waals surface area contributed by atoms with Crippen LogP contribution in [0.15, 0.2) is 12.3 Å². The van der Waals surface area contributed by atoms with Gasteiger partial charge in [-0.2, -0.15) is 0 Å². The fourth-order valence-electron chi connectivity index (χ4n) is 2.20. The highest BCUT2D eigenvalue weighted by Crippen LogP contribution is 2.26. The Balaban J connectivity index is 2.92. The third-order valence-corrected chi connectivity index (χ3v) is 3.04. The first kappa shape index (κ1) is 14.1. The first-order chi connectivity index (χ1) is 7.83. The molecule has 1 unspecified atom stereocenters. The molecule has 0 N–H and O–H groups in total. The quantitative estimate of drug-likeness (QED) is 0.779. The third-order valence-electron chi connectivity index (χ3n) is 3.04. The first-order valence-electron chi connectivity index (χ1n) is 6.65. The molecule has 1 aromatic heterocycles. The molecule has 0 amide bonds. The van der Waals surface area contributed by atoms with Gasteiger partial charge in [-0.3, -0.25) is 0 Å². The van der Waals surface area contributed by atoms with Crippen molar-refractivity contribution < 1.29 is 0 Å². The number of hydrogen-bond donors (Lipinski definition) is 0. The minimum atomic E-state index is 0.248. The molecule has 96 valence electrons. The Hall–Kier alpha value is -0.920. The Labute approximate surface area is 106 Å². The minimum absolute atomic E-state index is 0.248. The topological polar surface area (TPSA) is 25.8 Å². The molecule has 1 heterocycles. The van der Waals surface area contributed by atoms with E-state index >= 15 is 0 Å². The van der Waals surface area contributed by atoms with E-state index in [1.54, 1.807) is 0 Å². The van der Waals surface area contributed by atoms with Crippen molar-refractivity contribution in [2.75, 3.05) is 0 Å². The highest BCUT2D eigenvalue weighted by Gasteiger charge is 2.18. The molecule has 0 aromatic carbocycles. The third kappa shape index (κ3) is 4.45. The van der Waals surface area contributed by atoms with Crippen LogP contribution in [-0.4, -0.2) is 9.97 Å². The monoisotopic (exact) mass is 234 g/mol. The van der Waals surface area contributed by atoms with E-state index in [1.807, 2.05) is 6.20 Å². The zero-order valence-corrected chi connectivity index (χ0v) is 12.1. The number of nitrogens with zero attached hydrogens (tertiary/aromatic N) is 2. The zero-order chi connectivity index (χ0) is 13.1. The molecule has 2 nitrogen and oxygen atoms in total. The van der Waals surface area contributed by atoms with E-state index in [4.69, 9.17) is 4.98 Å². The molecule has 0 bridgehead atoms. The highest BCUT2D eigenvalue weighted by atomic mass is 14.9. The predicted octanol–water partition coefficient (Wildman–Crippen LogP) is 4.21. The summed E-state index contributed by atoms with van der Waals surface area (Å²) in [5.74, 6) is 2.17. The van der Waals surface area contributed by atoms with E-state index in [0.717, 1.165) is 18.7 Å². The van der Waals surface area contributed by atoms with Crippen LogP contribution in [0.4, 0.5) is 0 Å². The summed E-state index contributed by atoms with van der Waals surface area (Å²) >= 11 is 0. The molecule has 0 fully saturated rings. The summed E-state index contributed by atoms with van der Waals surface area (Å²) in [6.45, 7) is 13.4. The van der Waals surface area contributed by atoms with Gasteiger partial charge in [0, 0.05) is 24.2 Å². The molecule has 1 aromatic rings. The summed E-state index contributed by atoms with van der Waals surface area (Å²) in [7, 11) is 0. The van der Waals surface area contributed by atoms with Gasteiger partial charge in [-0.1, -0.05) is 41.5 Å². The Morgan fingerprint density at radius 1 is 1.24 bits per heavy atom. The lowest BCUT2D eigenvalue weighted by atomic mass is 9.89. The Kier molecular flexibility index (Phi) is 4.67. The summed E-state index contributed by atoms with van der Waals surface area (Å²) in [6, 6.07) is 2.07. The van der Waals surface area contributed by atoms with Crippen LogP contribution in [-0.2, 0) is 6.42 Å². The Bertz CT molecular complexity index is 350. The van der Waals surface area contributed by atoms with Crippen LogP contribution < -0.4 is 0 Å². The average molecular weight is 234 g/mol. The molecule has 17 heavy (non-hydrogen) atoms. The molecule has 0 saturated heterocycles. The summed E-state index contributed by atoms with van der Waals surface area (Å²) in [4.78, 5) is 9.13. The SMILES string of the molecule is CCC(c1ccnc(CC(C)(C)C)n1)C(C)C. The van der Waals surface area contributed by atoms with Crippen LogP contribution in [0, 0.1) is 11.3 Å². The van der Waals surface area contributed by atoms with Gasteiger partial charge in [-0.15, -0.1) is 0 Å². The van der Waals surface area contributed by atoms with Gasteiger partial charge in [-0.05, 0) is 23.8 Å². The van der Waals surface area contributed by atoms with Crippen molar-refractivity contribution >= 4 is 0 Å². The normalized spacial score (nSPS) is 14.1. The summed E-state index contributed by atoms with van der Waals surface area (Å²) in [5.41, 5.74) is 1.45. The van der Waals surface area contributed by atoms with Crippen LogP contribution in [0.3, 0.4) is 0 Å². The molecular formula is C15H26N2. The van der Waals surface area contributed by atoms with Crippen LogP contribution in [0.1, 0.15) is 65.4 Å². The molecule has 0 radical (unpaired) electrons. The molecule has 2 heteroatoms. The Morgan fingerprint density at radius 3 is 2.35 bits per heavy atom. The van der Waals surface area contributed by atoms with E-state index in [1.165, 1.54) is 5.69 Å². The van der Waals surface area contributed by atoms with Gasteiger partial charge >= 0.3 is 0 Å². The van der Waals surface area contributed by atoms with Gasteiger partial charge in [-0.25, -0.2) is 9.97 Å². The molecule has 1 rings (SSSR count). The van der Waals surface area contributed by atoms with E-state index in [9.17, 15) is 0 Å². The maximum absolute atomic E-state index is 4.74. The second kappa shape index (κ2) is 5.61. The van der Waals surface area contributed by atoms with Crippen molar-refractivity contribution in [3.05, 3.63) is 23.8 Å². The van der Waals surface area contributed by atoms with Gasteiger partial charge < -0.3 is 0 Å². The maximum atomic E-state index is 4.74. The largest absolute Gasteiger partial charge is 0.241 e. The van der Waals surface area contributed by atoms with Crippen LogP contribution >= 0.6 is 0 Å². The molecule has 0 aliphatic heterocycles. The number of hydrogen-bond acceptors (Lipinski definition) is 2. The van der Waals surface area contributed by atoms with Crippen LogP contribution in [0.2, 0.25) is 0 Å². The first-order valence-corrected chi connectivity index (χ1v) is 6.65. The smallest absolute Gasteiger partial charge is 0.129 e. The fourth-order valence-corrected chi connectivity index (χ4v) is 2.20. The predicted molar refractivity (Wildman–Crippen MR) is 73.1 cm³/mol. The molecule has 1 atom stereocenters. The van der Waals surface area contributed by atoms with Gasteiger partial charge in [0.15, 0.2) is 0 Å². The van der Waals surface area contributed by atoms with E-state index < -0.39 is 0 Å². The number of aromatic nitrogens is 2. The van der Waals surface area contributed by atoms with Crippen molar-refractivity contribution in [1.29, 1.82) is 0 Å². The van der Waals surface area contributed by atoms with Crippen LogP contribution in [0.25, 0.3) is 0 Å². The molecule has 0 spiro atoms. The van der Waals surface area contributed by atoms with Crippen LogP contribution in [0.5, 0.6) is 0 Å². The minimum Gasteiger partial charge on any atom is -0.241 e. The lowest BCUT2D eigenvalue weighted by molar-refractivity contribution is 0.397. The van der Waals surface area contributed by atoms with E-state index in [-0.39, 0.29) is 5.41 Å². The van der Waals surface area contributed by atoms with Gasteiger partial charge in [0.25, 0.3) is 0 Å². The summed E-state index contributed by atoms with van der Waals surface area (Å²) < 4.78 is 0. The second-order valence-corrected chi connectivity index (χ2v) is 6.39. The van der Waals surface area contributed by atoms with Crippen molar-refractivity contribution in [3.63, 3.8) is 0 Å². The zero-order valence-electron chi connectivity index (χ0n) is 12.1. The van der Waals surface area contributed by atoms with Gasteiger partial charge in [0.05, 0.1) is 0 Å². The molecule has 0 aliphatic carbocycles. The highest BCUT2D eigenvalue weighted by molar-refractivity contribution is 5.10.